The van der Waals surface area contributed by atoms with Gasteiger partial charge in [-0.1, -0.05) is 42.5 Å². The fraction of sp³-hybridized carbons (Fsp3) is 0.350. The summed E-state index contributed by atoms with van der Waals surface area (Å²) >= 11 is 0. The molecule has 0 saturated heterocycles. The van der Waals surface area contributed by atoms with E-state index >= 15 is 0 Å². The molecule has 1 fully saturated rings. The Labute approximate surface area is 147 Å². The van der Waals surface area contributed by atoms with Gasteiger partial charge in [0.05, 0.1) is 0 Å². The summed E-state index contributed by atoms with van der Waals surface area (Å²) in [7, 11) is 0. The number of amides is 1. The summed E-state index contributed by atoms with van der Waals surface area (Å²) in [5, 5.41) is 6.43. The molecule has 5 nitrogen and oxygen atoms in total. The number of ether oxygens (including phenoxy) is 2. The first-order chi connectivity index (χ1) is 12.3. The molecule has 2 aliphatic rings. The van der Waals surface area contributed by atoms with Crippen molar-refractivity contribution in [1.29, 1.82) is 0 Å². The third kappa shape index (κ3) is 3.94. The highest BCUT2D eigenvalue weighted by Gasteiger charge is 2.29. The minimum absolute atomic E-state index is 0.0193. The number of rotatable bonds is 6. The van der Waals surface area contributed by atoms with Crippen molar-refractivity contribution in [3.63, 3.8) is 0 Å². The highest BCUT2D eigenvalue weighted by molar-refractivity contribution is 5.83. The van der Waals surface area contributed by atoms with Crippen LogP contribution in [0.25, 0.3) is 0 Å². The van der Waals surface area contributed by atoms with Crippen molar-refractivity contribution in [3.8, 4) is 11.5 Å². The second kappa shape index (κ2) is 7.15. The molecule has 25 heavy (non-hydrogen) atoms. The lowest BCUT2D eigenvalue weighted by atomic mass is 10.1. The summed E-state index contributed by atoms with van der Waals surface area (Å²) in [5.41, 5.74) is 0.956. The molecule has 1 saturated carbocycles. The van der Waals surface area contributed by atoms with Crippen LogP contribution in [0, 0.1) is 0 Å². The minimum atomic E-state index is -0.387. The maximum Gasteiger partial charge on any atom is 0.241 e. The first-order valence-corrected chi connectivity index (χ1v) is 8.77. The molecule has 0 bridgehead atoms. The largest absolute Gasteiger partial charge is 0.486 e. The molecule has 0 spiro atoms. The molecule has 2 atom stereocenters. The molecule has 5 heteroatoms. The summed E-state index contributed by atoms with van der Waals surface area (Å²) in [5.74, 6) is 1.54. The molecule has 2 aromatic carbocycles. The Bertz CT molecular complexity index is 731. The Morgan fingerprint density at radius 2 is 1.76 bits per heavy atom. The Morgan fingerprint density at radius 3 is 2.52 bits per heavy atom. The van der Waals surface area contributed by atoms with Gasteiger partial charge < -0.3 is 14.8 Å². The standard InChI is InChI=1S/C20H22N2O3/c23-20(22-15-10-11-15)19(14-6-2-1-3-7-14)21-12-16-13-24-17-8-4-5-9-18(17)25-16/h1-9,15-16,19,21H,10-13H2,(H,22,23)/t16-,19+/m0/s1. The normalized spacial score (nSPS) is 19.9. The van der Waals surface area contributed by atoms with E-state index in [0.717, 1.165) is 29.9 Å². The number of para-hydroxylation sites is 2. The van der Waals surface area contributed by atoms with Gasteiger partial charge in [0.25, 0.3) is 0 Å². The van der Waals surface area contributed by atoms with E-state index in [2.05, 4.69) is 10.6 Å². The Balaban J connectivity index is 1.41. The van der Waals surface area contributed by atoms with E-state index in [0.29, 0.717) is 19.2 Å². The van der Waals surface area contributed by atoms with Crippen molar-refractivity contribution < 1.29 is 14.3 Å². The maximum atomic E-state index is 12.6. The smallest absolute Gasteiger partial charge is 0.241 e. The third-order valence-electron chi connectivity index (χ3n) is 4.44. The van der Waals surface area contributed by atoms with E-state index in [9.17, 15) is 4.79 Å². The average molecular weight is 338 g/mol. The van der Waals surface area contributed by atoms with Crippen LogP contribution in [0.15, 0.2) is 54.6 Å². The molecule has 0 radical (unpaired) electrons. The monoisotopic (exact) mass is 338 g/mol. The van der Waals surface area contributed by atoms with Gasteiger partial charge in [-0.05, 0) is 30.5 Å². The zero-order valence-corrected chi connectivity index (χ0v) is 14.0. The van der Waals surface area contributed by atoms with E-state index < -0.39 is 0 Å². The lowest BCUT2D eigenvalue weighted by Crippen LogP contribution is -2.44. The van der Waals surface area contributed by atoms with Crippen LogP contribution in [-0.4, -0.2) is 31.2 Å². The van der Waals surface area contributed by atoms with E-state index in [-0.39, 0.29) is 18.1 Å². The zero-order chi connectivity index (χ0) is 17.1. The van der Waals surface area contributed by atoms with Crippen LogP contribution in [0.2, 0.25) is 0 Å². The van der Waals surface area contributed by atoms with Gasteiger partial charge in [-0.25, -0.2) is 0 Å². The minimum Gasteiger partial charge on any atom is -0.486 e. The summed E-state index contributed by atoms with van der Waals surface area (Å²) in [4.78, 5) is 12.6. The molecular formula is C20H22N2O3. The summed E-state index contributed by atoms with van der Waals surface area (Å²) in [6.45, 7) is 1.00. The van der Waals surface area contributed by atoms with Gasteiger partial charge in [0.1, 0.15) is 18.8 Å². The quantitative estimate of drug-likeness (QED) is 0.849. The first kappa shape index (κ1) is 16.0. The Morgan fingerprint density at radius 1 is 1.04 bits per heavy atom. The Kier molecular flexibility index (Phi) is 4.57. The maximum absolute atomic E-state index is 12.6. The third-order valence-corrected chi connectivity index (χ3v) is 4.44. The number of nitrogens with one attached hydrogen (secondary N) is 2. The number of hydrogen-bond donors (Lipinski definition) is 2. The van der Waals surface area contributed by atoms with Crippen LogP contribution in [0.4, 0.5) is 0 Å². The predicted molar refractivity (Wildman–Crippen MR) is 94.7 cm³/mol. The van der Waals surface area contributed by atoms with E-state index in [1.165, 1.54) is 0 Å². The lowest BCUT2D eigenvalue weighted by Gasteiger charge is -2.28. The zero-order valence-electron chi connectivity index (χ0n) is 14.0. The van der Waals surface area contributed by atoms with Crippen molar-refractivity contribution >= 4 is 5.91 Å². The first-order valence-electron chi connectivity index (χ1n) is 8.77. The topological polar surface area (TPSA) is 59.6 Å². The van der Waals surface area contributed by atoms with Gasteiger partial charge in [-0.15, -0.1) is 0 Å². The van der Waals surface area contributed by atoms with Gasteiger partial charge in [-0.3, -0.25) is 10.1 Å². The second-order valence-electron chi connectivity index (χ2n) is 6.53. The molecule has 0 unspecified atom stereocenters. The van der Waals surface area contributed by atoms with E-state index in [1.807, 2.05) is 54.6 Å². The van der Waals surface area contributed by atoms with Crippen molar-refractivity contribution in [3.05, 3.63) is 60.2 Å². The molecule has 1 heterocycles. The van der Waals surface area contributed by atoms with Gasteiger partial charge in [0, 0.05) is 12.6 Å². The number of carbonyl (C=O) groups excluding carboxylic acids is 1. The predicted octanol–water partition coefficient (Wildman–Crippen LogP) is 2.44. The molecule has 0 aromatic heterocycles. The molecule has 130 valence electrons. The van der Waals surface area contributed by atoms with Gasteiger partial charge >= 0.3 is 0 Å². The lowest BCUT2D eigenvalue weighted by molar-refractivity contribution is -0.123. The molecule has 1 amide bonds. The highest BCUT2D eigenvalue weighted by Crippen LogP contribution is 2.31. The van der Waals surface area contributed by atoms with E-state index in [1.54, 1.807) is 0 Å². The fourth-order valence-electron chi connectivity index (χ4n) is 2.93. The van der Waals surface area contributed by atoms with E-state index in [4.69, 9.17) is 9.47 Å². The summed E-state index contributed by atoms with van der Waals surface area (Å²) < 4.78 is 11.7. The van der Waals surface area contributed by atoms with Crippen LogP contribution >= 0.6 is 0 Å². The van der Waals surface area contributed by atoms with Crippen molar-refractivity contribution in [2.24, 2.45) is 0 Å². The molecular weight excluding hydrogens is 316 g/mol. The molecule has 4 rings (SSSR count). The number of fused-ring (bicyclic) bond motifs is 1. The fourth-order valence-corrected chi connectivity index (χ4v) is 2.93. The van der Waals surface area contributed by atoms with Gasteiger partial charge in [0.2, 0.25) is 5.91 Å². The second-order valence-corrected chi connectivity index (χ2v) is 6.53. The van der Waals surface area contributed by atoms with Crippen LogP contribution in [0.3, 0.4) is 0 Å². The number of benzene rings is 2. The van der Waals surface area contributed by atoms with Crippen LogP contribution in [0.5, 0.6) is 11.5 Å². The van der Waals surface area contributed by atoms with Gasteiger partial charge in [0.15, 0.2) is 11.5 Å². The van der Waals surface area contributed by atoms with Crippen LogP contribution in [0.1, 0.15) is 24.4 Å². The average Bonchev–Trinajstić information content (AvgIpc) is 3.46. The summed E-state index contributed by atoms with van der Waals surface area (Å²) in [6, 6.07) is 17.4. The Hall–Kier alpha value is -2.53. The molecule has 2 N–H and O–H groups in total. The SMILES string of the molecule is O=C(NC1CC1)[C@H](NC[C@H]1COc2ccccc2O1)c1ccccc1. The molecule has 1 aliphatic carbocycles. The van der Waals surface area contributed by atoms with Crippen LogP contribution in [-0.2, 0) is 4.79 Å². The van der Waals surface area contributed by atoms with Crippen molar-refractivity contribution in [1.82, 2.24) is 10.6 Å². The molecule has 2 aromatic rings. The van der Waals surface area contributed by atoms with Gasteiger partial charge in [-0.2, -0.15) is 0 Å². The van der Waals surface area contributed by atoms with Crippen LogP contribution < -0.4 is 20.1 Å². The number of hydrogen-bond acceptors (Lipinski definition) is 4. The highest BCUT2D eigenvalue weighted by atomic mass is 16.6. The number of carbonyl (C=O) groups is 1. The van der Waals surface area contributed by atoms with Crippen molar-refractivity contribution in [2.45, 2.75) is 31.0 Å². The van der Waals surface area contributed by atoms with Crippen molar-refractivity contribution in [2.75, 3.05) is 13.2 Å². The molecule has 1 aliphatic heterocycles. The summed E-state index contributed by atoms with van der Waals surface area (Å²) in [6.07, 6.45) is 2.02.